The Bertz CT molecular complexity index is 588. The first-order valence-corrected chi connectivity index (χ1v) is 11.6. The molecule has 0 bridgehead atoms. The molecule has 30 heavy (non-hydrogen) atoms. The highest BCUT2D eigenvalue weighted by Gasteiger charge is 2.43. The van der Waals surface area contributed by atoms with Crippen LogP contribution >= 0.6 is 0 Å². The van der Waals surface area contributed by atoms with Gasteiger partial charge in [-0.15, -0.1) is 0 Å². The number of hydrogen-bond donors (Lipinski definition) is 2. The zero-order chi connectivity index (χ0) is 22.3. The lowest BCUT2D eigenvalue weighted by Crippen LogP contribution is -2.44. The molecule has 0 aliphatic heterocycles. The largest absolute Gasteiger partial charge is 0.469 e. The summed E-state index contributed by atoms with van der Waals surface area (Å²) in [6.45, 7) is 6.11. The van der Waals surface area contributed by atoms with Crippen LogP contribution < -0.4 is 0 Å². The van der Waals surface area contributed by atoms with Crippen LogP contribution in [0.1, 0.15) is 72.1 Å². The number of fused-ring (bicyclic) bond motifs is 1. The number of methoxy groups -OCH3 is 1. The van der Waals surface area contributed by atoms with Crippen molar-refractivity contribution in [3.05, 3.63) is 12.2 Å². The molecule has 2 rings (SSSR count). The number of rotatable bonds is 10. The second-order valence-electron chi connectivity index (χ2n) is 9.27. The Balaban J connectivity index is 1.99. The van der Waals surface area contributed by atoms with Crippen molar-refractivity contribution in [2.75, 3.05) is 7.11 Å². The van der Waals surface area contributed by atoms with Gasteiger partial charge in [0.2, 0.25) is 0 Å². The van der Waals surface area contributed by atoms with E-state index in [0.717, 1.165) is 32.1 Å². The van der Waals surface area contributed by atoms with Crippen molar-refractivity contribution in [2.45, 2.75) is 90.4 Å². The Morgan fingerprint density at radius 3 is 2.57 bits per heavy atom. The molecule has 6 heteroatoms. The van der Waals surface area contributed by atoms with Crippen molar-refractivity contribution >= 4 is 11.9 Å². The maximum Gasteiger partial charge on any atom is 0.308 e. The van der Waals surface area contributed by atoms with Gasteiger partial charge in [0.1, 0.15) is 6.10 Å². The number of ether oxygens (including phenoxy) is 2. The summed E-state index contributed by atoms with van der Waals surface area (Å²) in [6, 6.07) is 0. The van der Waals surface area contributed by atoms with Crippen molar-refractivity contribution in [1.29, 1.82) is 0 Å². The van der Waals surface area contributed by atoms with E-state index in [1.165, 1.54) is 7.11 Å². The third kappa shape index (κ3) is 6.81. The predicted molar refractivity (Wildman–Crippen MR) is 114 cm³/mol. The molecule has 2 aliphatic rings. The number of aliphatic hydroxyl groups excluding tert-OH is 2. The summed E-state index contributed by atoms with van der Waals surface area (Å²) in [4.78, 5) is 23.7. The molecule has 1 fully saturated rings. The van der Waals surface area contributed by atoms with Crippen LogP contribution in [0.4, 0.5) is 0 Å². The lowest BCUT2D eigenvalue weighted by Gasteiger charge is -2.46. The molecule has 6 nitrogen and oxygen atoms in total. The SMILES string of the molecule is CC[C@@H](C)C(=O)O[C@@H]1CCC[C@H]2C=C[C@@H](C)[C@@H](CC[C@H](O)C[C@H](O)CC(=O)OC)[C@@H]21. The minimum atomic E-state index is -0.900. The highest BCUT2D eigenvalue weighted by atomic mass is 16.5. The Hall–Kier alpha value is -1.40. The van der Waals surface area contributed by atoms with Crippen molar-refractivity contribution < 1.29 is 29.3 Å². The molecule has 1 saturated carbocycles. The summed E-state index contributed by atoms with van der Waals surface area (Å²) < 4.78 is 10.6. The summed E-state index contributed by atoms with van der Waals surface area (Å²) in [5.41, 5.74) is 0. The first kappa shape index (κ1) is 24.9. The Morgan fingerprint density at radius 2 is 1.90 bits per heavy atom. The zero-order valence-electron chi connectivity index (χ0n) is 19.0. The van der Waals surface area contributed by atoms with Gasteiger partial charge in [0, 0.05) is 5.92 Å². The molecule has 0 radical (unpaired) electrons. The predicted octanol–water partition coefficient (Wildman–Crippen LogP) is 3.64. The molecular formula is C24H40O6. The lowest BCUT2D eigenvalue weighted by molar-refractivity contribution is -0.162. The van der Waals surface area contributed by atoms with E-state index in [1.54, 1.807) is 0 Å². The van der Waals surface area contributed by atoms with Crippen LogP contribution in [0.2, 0.25) is 0 Å². The number of carbonyl (C=O) groups excluding carboxylic acids is 2. The van der Waals surface area contributed by atoms with Gasteiger partial charge >= 0.3 is 11.9 Å². The summed E-state index contributed by atoms with van der Waals surface area (Å²) in [5.74, 6) is 0.699. The van der Waals surface area contributed by atoms with Gasteiger partial charge in [0.15, 0.2) is 0 Å². The van der Waals surface area contributed by atoms with E-state index in [0.29, 0.717) is 24.2 Å². The van der Waals surface area contributed by atoms with E-state index in [4.69, 9.17) is 4.74 Å². The fourth-order valence-corrected chi connectivity index (χ4v) is 5.04. The Labute approximate surface area is 181 Å². The van der Waals surface area contributed by atoms with Gasteiger partial charge in [-0.05, 0) is 62.7 Å². The highest BCUT2D eigenvalue weighted by Crippen LogP contribution is 2.46. The molecule has 8 atom stereocenters. The average Bonchev–Trinajstić information content (AvgIpc) is 2.72. The molecular weight excluding hydrogens is 384 g/mol. The summed E-state index contributed by atoms with van der Waals surface area (Å²) in [7, 11) is 1.29. The quantitative estimate of drug-likeness (QED) is 0.411. The summed E-state index contributed by atoms with van der Waals surface area (Å²) in [5, 5.41) is 20.4. The summed E-state index contributed by atoms with van der Waals surface area (Å²) >= 11 is 0. The first-order chi connectivity index (χ1) is 14.3. The van der Waals surface area contributed by atoms with Crippen LogP contribution in [0.5, 0.6) is 0 Å². The van der Waals surface area contributed by atoms with Gasteiger partial charge in [-0.25, -0.2) is 0 Å². The van der Waals surface area contributed by atoms with Crippen LogP contribution in [0, 0.1) is 29.6 Å². The van der Waals surface area contributed by atoms with Crippen molar-refractivity contribution in [1.82, 2.24) is 0 Å². The van der Waals surface area contributed by atoms with Gasteiger partial charge in [-0.2, -0.15) is 0 Å². The van der Waals surface area contributed by atoms with Crippen LogP contribution in [-0.2, 0) is 19.1 Å². The van der Waals surface area contributed by atoms with Crippen LogP contribution in [-0.4, -0.2) is 47.6 Å². The van der Waals surface area contributed by atoms with Crippen molar-refractivity contribution in [3.8, 4) is 0 Å². The first-order valence-electron chi connectivity index (χ1n) is 11.6. The molecule has 0 aromatic carbocycles. The molecule has 0 aromatic heterocycles. The van der Waals surface area contributed by atoms with Crippen LogP contribution in [0.15, 0.2) is 12.2 Å². The van der Waals surface area contributed by atoms with Gasteiger partial charge in [0.05, 0.1) is 31.7 Å². The van der Waals surface area contributed by atoms with Crippen molar-refractivity contribution in [3.63, 3.8) is 0 Å². The normalized spacial score (nSPS) is 31.3. The van der Waals surface area contributed by atoms with Crippen LogP contribution in [0.3, 0.4) is 0 Å². The van der Waals surface area contributed by atoms with Crippen LogP contribution in [0.25, 0.3) is 0 Å². The third-order valence-electron chi connectivity index (χ3n) is 7.07. The molecule has 0 saturated heterocycles. The minimum absolute atomic E-state index is 0.0651. The van der Waals surface area contributed by atoms with E-state index >= 15 is 0 Å². The standard InChI is InChI=1S/C24H40O6/c1-5-15(2)24(28)30-21-8-6-7-17-10-9-16(3)20(23(17)21)12-11-18(25)13-19(26)14-22(27)29-4/h9-10,15-21,23,25-26H,5-8,11-14H2,1-4H3/t15-,16-,17+,18+,19+,20-,21-,23-/m1/s1. The van der Waals surface area contributed by atoms with E-state index < -0.39 is 18.2 Å². The molecule has 2 aliphatic carbocycles. The maximum atomic E-state index is 12.5. The lowest BCUT2D eigenvalue weighted by atomic mass is 9.62. The molecule has 0 heterocycles. The third-order valence-corrected chi connectivity index (χ3v) is 7.07. The molecule has 172 valence electrons. The second kappa shape index (κ2) is 11.8. The number of hydrogen-bond acceptors (Lipinski definition) is 6. The molecule has 0 unspecified atom stereocenters. The second-order valence-corrected chi connectivity index (χ2v) is 9.27. The minimum Gasteiger partial charge on any atom is -0.469 e. The summed E-state index contributed by atoms with van der Waals surface area (Å²) in [6.07, 6.45) is 8.19. The van der Waals surface area contributed by atoms with E-state index in [2.05, 4.69) is 23.8 Å². The fourth-order valence-electron chi connectivity index (χ4n) is 5.04. The number of allylic oxidation sites excluding steroid dienone is 2. The molecule has 2 N–H and O–H groups in total. The van der Waals surface area contributed by atoms with Gasteiger partial charge in [-0.1, -0.05) is 32.9 Å². The van der Waals surface area contributed by atoms with E-state index in [1.807, 2.05) is 13.8 Å². The Morgan fingerprint density at radius 1 is 1.17 bits per heavy atom. The van der Waals surface area contributed by atoms with E-state index in [9.17, 15) is 19.8 Å². The zero-order valence-corrected chi connectivity index (χ0v) is 19.0. The monoisotopic (exact) mass is 424 g/mol. The molecule has 0 aromatic rings. The van der Waals surface area contributed by atoms with E-state index in [-0.39, 0.29) is 36.8 Å². The smallest absolute Gasteiger partial charge is 0.308 e. The highest BCUT2D eigenvalue weighted by molar-refractivity contribution is 5.72. The maximum absolute atomic E-state index is 12.5. The fraction of sp³-hybridized carbons (Fsp3) is 0.833. The Kier molecular flexibility index (Phi) is 9.82. The number of esters is 2. The molecule has 0 spiro atoms. The van der Waals surface area contributed by atoms with Crippen molar-refractivity contribution in [2.24, 2.45) is 29.6 Å². The topological polar surface area (TPSA) is 93.1 Å². The number of carbonyl (C=O) groups is 2. The molecule has 0 amide bonds. The van der Waals surface area contributed by atoms with Gasteiger partial charge < -0.3 is 19.7 Å². The number of aliphatic hydroxyl groups is 2. The average molecular weight is 425 g/mol. The van der Waals surface area contributed by atoms with Gasteiger partial charge in [-0.3, -0.25) is 9.59 Å². The van der Waals surface area contributed by atoms with Gasteiger partial charge in [0.25, 0.3) is 0 Å².